The van der Waals surface area contributed by atoms with Gasteiger partial charge in [-0.3, -0.25) is 0 Å². The van der Waals surface area contributed by atoms with Crippen molar-refractivity contribution in [3.8, 4) is 0 Å². The Hall–Kier alpha value is -0.160. The fraction of sp³-hybridized carbons (Fsp3) is 1.00. The molecule has 1 saturated heterocycles. The zero-order chi connectivity index (χ0) is 12.2. The van der Waals surface area contributed by atoms with Crippen molar-refractivity contribution in [1.29, 1.82) is 0 Å². The SMILES string of the molecule is CCCCCC[C@@]1(O)C(C)OCC(O)[C@H]1O. The molecule has 0 aromatic rings. The number of hydrogen-bond acceptors (Lipinski definition) is 4. The van der Waals surface area contributed by atoms with Crippen LogP contribution in [0.25, 0.3) is 0 Å². The van der Waals surface area contributed by atoms with E-state index in [1.807, 2.05) is 0 Å². The first-order chi connectivity index (χ1) is 7.52. The molecule has 3 N–H and O–H groups in total. The topological polar surface area (TPSA) is 69.9 Å². The van der Waals surface area contributed by atoms with E-state index in [1.165, 1.54) is 0 Å². The van der Waals surface area contributed by atoms with Crippen LogP contribution in [0, 0.1) is 0 Å². The van der Waals surface area contributed by atoms with Crippen molar-refractivity contribution in [3.05, 3.63) is 0 Å². The normalized spacial score (nSPS) is 39.9. The highest BCUT2D eigenvalue weighted by Crippen LogP contribution is 2.31. The summed E-state index contributed by atoms with van der Waals surface area (Å²) in [5, 5.41) is 29.7. The fourth-order valence-electron chi connectivity index (χ4n) is 2.24. The minimum atomic E-state index is -1.30. The lowest BCUT2D eigenvalue weighted by atomic mass is 9.81. The summed E-state index contributed by atoms with van der Waals surface area (Å²) in [5.74, 6) is 0. The van der Waals surface area contributed by atoms with Crippen LogP contribution in [0.15, 0.2) is 0 Å². The van der Waals surface area contributed by atoms with E-state index in [2.05, 4.69) is 6.92 Å². The largest absolute Gasteiger partial charge is 0.388 e. The highest BCUT2D eigenvalue weighted by molar-refractivity contribution is 4.98. The van der Waals surface area contributed by atoms with E-state index in [0.29, 0.717) is 6.42 Å². The Balaban J connectivity index is 2.50. The highest BCUT2D eigenvalue weighted by Gasteiger charge is 2.48. The van der Waals surface area contributed by atoms with Crippen LogP contribution in [-0.4, -0.2) is 45.8 Å². The van der Waals surface area contributed by atoms with Crippen LogP contribution >= 0.6 is 0 Å². The fourth-order valence-corrected chi connectivity index (χ4v) is 2.24. The lowest BCUT2D eigenvalue weighted by Crippen LogP contribution is -2.61. The van der Waals surface area contributed by atoms with Gasteiger partial charge in [0.15, 0.2) is 0 Å². The second-order valence-electron chi connectivity index (χ2n) is 4.79. The first kappa shape index (κ1) is 13.9. The van der Waals surface area contributed by atoms with Gasteiger partial charge >= 0.3 is 0 Å². The van der Waals surface area contributed by atoms with Crippen LogP contribution in [0.2, 0.25) is 0 Å². The summed E-state index contributed by atoms with van der Waals surface area (Å²) in [5.41, 5.74) is -1.30. The summed E-state index contributed by atoms with van der Waals surface area (Å²) in [6.07, 6.45) is 2.13. The zero-order valence-corrected chi connectivity index (χ0v) is 10.2. The second-order valence-corrected chi connectivity index (χ2v) is 4.79. The second kappa shape index (κ2) is 5.96. The molecule has 1 heterocycles. The lowest BCUT2D eigenvalue weighted by Gasteiger charge is -2.44. The predicted octanol–water partition coefficient (Wildman–Crippen LogP) is 0.828. The Labute approximate surface area is 97.2 Å². The lowest BCUT2D eigenvalue weighted by molar-refractivity contribution is -0.240. The molecule has 4 atom stereocenters. The molecule has 0 aromatic carbocycles. The molecule has 0 radical (unpaired) electrons. The Kier molecular flexibility index (Phi) is 5.18. The third-order valence-electron chi connectivity index (χ3n) is 3.53. The van der Waals surface area contributed by atoms with Crippen LogP contribution < -0.4 is 0 Å². The molecular formula is C12H24O4. The van der Waals surface area contributed by atoms with E-state index < -0.39 is 23.9 Å². The van der Waals surface area contributed by atoms with E-state index in [9.17, 15) is 15.3 Å². The molecule has 0 saturated carbocycles. The molecule has 1 rings (SSSR count). The molecule has 0 spiro atoms. The van der Waals surface area contributed by atoms with Gasteiger partial charge in [0.2, 0.25) is 0 Å². The summed E-state index contributed by atoms with van der Waals surface area (Å²) < 4.78 is 5.27. The van der Waals surface area contributed by atoms with Crippen LogP contribution in [0.1, 0.15) is 46.0 Å². The average molecular weight is 232 g/mol. The summed E-state index contributed by atoms with van der Waals surface area (Å²) in [6.45, 7) is 3.97. The average Bonchev–Trinajstić information content (AvgIpc) is 2.28. The number of rotatable bonds is 5. The van der Waals surface area contributed by atoms with Gasteiger partial charge in [-0.25, -0.2) is 0 Å². The quantitative estimate of drug-likeness (QED) is 0.614. The van der Waals surface area contributed by atoms with Crippen molar-refractivity contribution in [1.82, 2.24) is 0 Å². The number of unbranched alkanes of at least 4 members (excludes halogenated alkanes) is 3. The van der Waals surface area contributed by atoms with Crippen molar-refractivity contribution < 1.29 is 20.1 Å². The first-order valence-electron chi connectivity index (χ1n) is 6.22. The third kappa shape index (κ3) is 2.94. The van der Waals surface area contributed by atoms with E-state index >= 15 is 0 Å². The molecule has 2 unspecified atom stereocenters. The summed E-state index contributed by atoms with van der Waals surface area (Å²) in [6, 6.07) is 0. The number of aliphatic hydroxyl groups is 3. The first-order valence-corrected chi connectivity index (χ1v) is 6.22. The van der Waals surface area contributed by atoms with Crippen LogP contribution in [0.4, 0.5) is 0 Å². The summed E-state index contributed by atoms with van der Waals surface area (Å²) >= 11 is 0. The summed E-state index contributed by atoms with van der Waals surface area (Å²) in [7, 11) is 0. The highest BCUT2D eigenvalue weighted by atomic mass is 16.5. The van der Waals surface area contributed by atoms with Gasteiger partial charge in [0.1, 0.15) is 17.8 Å². The van der Waals surface area contributed by atoms with Gasteiger partial charge in [0.05, 0.1) is 12.7 Å². The molecule has 1 fully saturated rings. The smallest absolute Gasteiger partial charge is 0.119 e. The van der Waals surface area contributed by atoms with Crippen molar-refractivity contribution in [2.75, 3.05) is 6.61 Å². The molecular weight excluding hydrogens is 208 g/mol. The molecule has 0 amide bonds. The molecule has 96 valence electrons. The zero-order valence-electron chi connectivity index (χ0n) is 10.2. The minimum Gasteiger partial charge on any atom is -0.388 e. The Morgan fingerprint density at radius 2 is 1.94 bits per heavy atom. The number of ether oxygens (including phenoxy) is 1. The third-order valence-corrected chi connectivity index (χ3v) is 3.53. The maximum absolute atomic E-state index is 10.3. The number of aliphatic hydroxyl groups excluding tert-OH is 2. The van der Waals surface area contributed by atoms with Crippen molar-refractivity contribution in [3.63, 3.8) is 0 Å². The van der Waals surface area contributed by atoms with Crippen molar-refractivity contribution >= 4 is 0 Å². The molecule has 0 aliphatic carbocycles. The van der Waals surface area contributed by atoms with Gasteiger partial charge in [-0.15, -0.1) is 0 Å². The number of hydrogen-bond donors (Lipinski definition) is 3. The van der Waals surface area contributed by atoms with E-state index in [4.69, 9.17) is 4.74 Å². The van der Waals surface area contributed by atoms with Crippen molar-refractivity contribution in [2.24, 2.45) is 0 Å². The molecule has 4 nitrogen and oxygen atoms in total. The maximum atomic E-state index is 10.3. The summed E-state index contributed by atoms with van der Waals surface area (Å²) in [4.78, 5) is 0. The molecule has 0 bridgehead atoms. The predicted molar refractivity (Wildman–Crippen MR) is 61.1 cm³/mol. The Bertz CT molecular complexity index is 209. The van der Waals surface area contributed by atoms with E-state index in [-0.39, 0.29) is 6.61 Å². The van der Waals surface area contributed by atoms with Gasteiger partial charge in [-0.1, -0.05) is 32.6 Å². The van der Waals surface area contributed by atoms with Crippen LogP contribution in [-0.2, 0) is 4.74 Å². The molecule has 16 heavy (non-hydrogen) atoms. The van der Waals surface area contributed by atoms with E-state index in [1.54, 1.807) is 6.92 Å². The Morgan fingerprint density at radius 3 is 2.56 bits per heavy atom. The van der Waals surface area contributed by atoms with Crippen molar-refractivity contribution in [2.45, 2.75) is 69.9 Å². The molecule has 1 aliphatic rings. The standard InChI is InChI=1S/C12H24O4/c1-3-4-5-6-7-12(15)9(2)16-8-10(13)11(12)14/h9-11,13-15H,3-8H2,1-2H3/t9?,10?,11-,12-/m1/s1. The van der Waals surface area contributed by atoms with Gasteiger partial charge < -0.3 is 20.1 Å². The van der Waals surface area contributed by atoms with Crippen LogP contribution in [0.3, 0.4) is 0 Å². The monoisotopic (exact) mass is 232 g/mol. The van der Waals surface area contributed by atoms with Gasteiger partial charge in [0.25, 0.3) is 0 Å². The molecule has 0 aromatic heterocycles. The maximum Gasteiger partial charge on any atom is 0.119 e. The van der Waals surface area contributed by atoms with Gasteiger partial charge in [-0.2, -0.15) is 0 Å². The minimum absolute atomic E-state index is 0.0968. The van der Waals surface area contributed by atoms with Gasteiger partial charge in [0, 0.05) is 0 Å². The van der Waals surface area contributed by atoms with Gasteiger partial charge in [-0.05, 0) is 13.3 Å². The van der Waals surface area contributed by atoms with E-state index in [0.717, 1.165) is 25.7 Å². The molecule has 4 heteroatoms. The molecule has 1 aliphatic heterocycles. The van der Waals surface area contributed by atoms with Crippen LogP contribution in [0.5, 0.6) is 0 Å². The Morgan fingerprint density at radius 1 is 1.25 bits per heavy atom.